The number of amides is 3. The number of carbonyl (C=O) groups is 4. The SMILES string of the molecule is CC(C)N1C/C=C\CCC(=O)N[C@@H](C)[C@H](c2ccccc2)OC(=O)[C@H]2[C@@H]3O[C@@]4(C=C3Br)[C@@H]2C(=O)N(CCCCCO)[C@@H]4C1=O. The van der Waals surface area contributed by atoms with Crippen LogP contribution in [0.4, 0.5) is 0 Å². The van der Waals surface area contributed by atoms with E-state index in [1.807, 2.05) is 56.3 Å². The molecule has 11 heteroatoms. The zero-order chi connectivity index (χ0) is 31.6. The molecule has 0 saturated carbocycles. The van der Waals surface area contributed by atoms with Gasteiger partial charge in [0.25, 0.3) is 0 Å². The summed E-state index contributed by atoms with van der Waals surface area (Å²) in [7, 11) is 0. The number of hydrogen-bond acceptors (Lipinski definition) is 7. The fourth-order valence-corrected chi connectivity index (χ4v) is 7.75. The van der Waals surface area contributed by atoms with Crippen molar-refractivity contribution in [2.75, 3.05) is 19.7 Å². The zero-order valence-electron chi connectivity index (χ0n) is 25.5. The number of unbranched alkanes of at least 4 members (excludes halogenated alkanes) is 2. The summed E-state index contributed by atoms with van der Waals surface area (Å²) in [6, 6.07) is 7.52. The monoisotopic (exact) mass is 671 g/mol. The van der Waals surface area contributed by atoms with E-state index in [4.69, 9.17) is 9.47 Å². The van der Waals surface area contributed by atoms with Crippen molar-refractivity contribution in [2.45, 2.75) is 88.8 Å². The molecule has 4 heterocycles. The van der Waals surface area contributed by atoms with Crippen LogP contribution in [-0.2, 0) is 28.7 Å². The van der Waals surface area contributed by atoms with Crippen LogP contribution in [0.1, 0.15) is 64.5 Å². The lowest BCUT2D eigenvalue weighted by atomic mass is 9.74. The van der Waals surface area contributed by atoms with Crippen molar-refractivity contribution in [3.05, 3.63) is 58.6 Å². The number of aliphatic hydroxyl groups is 1. The fraction of sp³-hybridized carbons (Fsp3) is 0.576. The van der Waals surface area contributed by atoms with Crippen LogP contribution in [0, 0.1) is 11.8 Å². The Morgan fingerprint density at radius 3 is 2.50 bits per heavy atom. The molecule has 4 aliphatic rings. The van der Waals surface area contributed by atoms with Gasteiger partial charge in [-0.3, -0.25) is 19.2 Å². The predicted octanol–water partition coefficient (Wildman–Crippen LogP) is 3.40. The van der Waals surface area contributed by atoms with Gasteiger partial charge in [-0.25, -0.2) is 0 Å². The highest BCUT2D eigenvalue weighted by Gasteiger charge is 2.75. The molecule has 0 aliphatic carbocycles. The maximum atomic E-state index is 14.5. The first-order valence-electron chi connectivity index (χ1n) is 15.6. The van der Waals surface area contributed by atoms with Crippen LogP contribution in [0.3, 0.4) is 0 Å². The molecule has 0 unspecified atom stereocenters. The summed E-state index contributed by atoms with van der Waals surface area (Å²) in [6.45, 7) is 6.28. The van der Waals surface area contributed by atoms with Gasteiger partial charge in [0.05, 0.1) is 12.0 Å². The topological polar surface area (TPSA) is 125 Å². The highest BCUT2D eigenvalue weighted by Crippen LogP contribution is 2.59. The molecule has 0 radical (unpaired) electrons. The number of esters is 1. The molecule has 2 N–H and O–H groups in total. The number of benzene rings is 1. The van der Waals surface area contributed by atoms with E-state index in [1.54, 1.807) is 22.8 Å². The number of fused-ring (bicyclic) bond motifs is 2. The number of ether oxygens (including phenoxy) is 2. The molecule has 5 bridgehead atoms. The standard InChI is InChI=1S/C33H42BrN3O7/c1-20(2)36-16-10-5-9-15-24(39)35-21(3)27(22-13-7-4-8-14-22)43-32(42)25-26-30(40)37(17-11-6-12-18-38)29(31(36)41)33(26)19-23(34)28(25)44-33/h4-5,7-8,10,13-14,19-21,25-29,38H,6,9,11-12,15-18H2,1-3H3,(H,35,39)/b10-5-/t21-,25+,26-,27+,28+,29+,33-/m0/s1. The van der Waals surface area contributed by atoms with Gasteiger partial charge in [-0.05, 0) is 58.1 Å². The molecule has 10 nitrogen and oxygen atoms in total. The van der Waals surface area contributed by atoms with Crippen LogP contribution >= 0.6 is 15.9 Å². The summed E-state index contributed by atoms with van der Waals surface area (Å²) >= 11 is 3.59. The van der Waals surface area contributed by atoms with Gasteiger partial charge in [-0.15, -0.1) is 0 Å². The van der Waals surface area contributed by atoms with Crippen molar-refractivity contribution in [1.82, 2.24) is 15.1 Å². The van der Waals surface area contributed by atoms with Crippen LogP contribution in [0.5, 0.6) is 0 Å². The largest absolute Gasteiger partial charge is 0.455 e. The maximum absolute atomic E-state index is 14.5. The Kier molecular flexibility index (Phi) is 9.96. The quantitative estimate of drug-likeness (QED) is 0.259. The molecule has 7 atom stereocenters. The van der Waals surface area contributed by atoms with E-state index in [9.17, 15) is 24.3 Å². The normalized spacial score (nSPS) is 33.4. The smallest absolute Gasteiger partial charge is 0.313 e. The van der Waals surface area contributed by atoms with Crippen LogP contribution in [0.25, 0.3) is 0 Å². The van der Waals surface area contributed by atoms with Gasteiger partial charge >= 0.3 is 5.97 Å². The Balaban J connectivity index is 1.58. The third kappa shape index (κ3) is 5.98. The molecule has 1 aromatic rings. The number of cyclic esters (lactones) is 1. The zero-order valence-corrected chi connectivity index (χ0v) is 27.1. The lowest BCUT2D eigenvalue weighted by molar-refractivity contribution is -0.161. The van der Waals surface area contributed by atoms with E-state index in [0.717, 1.165) is 0 Å². The number of halogens is 1. The molecule has 2 saturated heterocycles. The summed E-state index contributed by atoms with van der Waals surface area (Å²) in [4.78, 5) is 59.2. The van der Waals surface area contributed by atoms with Crippen molar-refractivity contribution in [3.63, 3.8) is 0 Å². The number of allylic oxidation sites excluding steroid dienone is 1. The molecule has 1 spiro atoms. The Morgan fingerprint density at radius 2 is 1.80 bits per heavy atom. The first-order chi connectivity index (χ1) is 21.1. The van der Waals surface area contributed by atoms with Gasteiger partial charge in [0.2, 0.25) is 17.7 Å². The summed E-state index contributed by atoms with van der Waals surface area (Å²) in [6.07, 6.45) is 6.57. The number of hydrogen-bond donors (Lipinski definition) is 2. The van der Waals surface area contributed by atoms with Crippen LogP contribution in [0.15, 0.2) is 53.0 Å². The van der Waals surface area contributed by atoms with Crippen molar-refractivity contribution in [1.29, 1.82) is 0 Å². The average Bonchev–Trinajstić information content (AvgIpc) is 3.58. The average molecular weight is 673 g/mol. The second-order valence-corrected chi connectivity index (χ2v) is 13.3. The van der Waals surface area contributed by atoms with Gasteiger partial charge in [-0.1, -0.05) is 58.4 Å². The number of likely N-dealkylation sites (tertiary alicyclic amines) is 1. The lowest BCUT2D eigenvalue weighted by Gasteiger charge is -2.37. The molecule has 3 amide bonds. The van der Waals surface area contributed by atoms with E-state index in [-0.39, 0.29) is 36.8 Å². The number of nitrogens with one attached hydrogen (secondary N) is 1. The van der Waals surface area contributed by atoms with Crippen LogP contribution in [0.2, 0.25) is 0 Å². The molecular weight excluding hydrogens is 630 g/mol. The van der Waals surface area contributed by atoms with E-state index in [1.165, 1.54) is 0 Å². The van der Waals surface area contributed by atoms with Crippen LogP contribution < -0.4 is 5.32 Å². The molecule has 0 aromatic heterocycles. The second kappa shape index (κ2) is 13.5. The van der Waals surface area contributed by atoms with Gasteiger partial charge in [0.15, 0.2) is 0 Å². The van der Waals surface area contributed by atoms with Crippen LogP contribution in [-0.4, -0.2) is 88.1 Å². The third-order valence-electron chi connectivity index (χ3n) is 9.12. The lowest BCUT2D eigenvalue weighted by Crippen LogP contribution is -2.57. The Bertz CT molecular complexity index is 1320. The number of aliphatic hydroxyl groups excluding tert-OH is 1. The predicted molar refractivity (Wildman–Crippen MR) is 166 cm³/mol. The summed E-state index contributed by atoms with van der Waals surface area (Å²) in [5.74, 6) is -3.31. The minimum Gasteiger partial charge on any atom is -0.455 e. The summed E-state index contributed by atoms with van der Waals surface area (Å²) in [5, 5.41) is 12.3. The molecule has 238 valence electrons. The number of carbonyl (C=O) groups excluding carboxylic acids is 4. The summed E-state index contributed by atoms with van der Waals surface area (Å²) < 4.78 is 13.4. The highest BCUT2D eigenvalue weighted by molar-refractivity contribution is 9.11. The molecule has 2 fully saturated rings. The molecule has 44 heavy (non-hydrogen) atoms. The van der Waals surface area contributed by atoms with Gasteiger partial charge in [-0.2, -0.15) is 0 Å². The minimum absolute atomic E-state index is 0.0478. The first-order valence-corrected chi connectivity index (χ1v) is 16.4. The Morgan fingerprint density at radius 1 is 1.05 bits per heavy atom. The number of rotatable bonds is 7. The fourth-order valence-electron chi connectivity index (χ4n) is 7.02. The van der Waals surface area contributed by atoms with Crippen molar-refractivity contribution in [2.24, 2.45) is 11.8 Å². The Labute approximate surface area is 266 Å². The van der Waals surface area contributed by atoms with E-state index in [2.05, 4.69) is 21.2 Å². The molecule has 4 aliphatic heterocycles. The number of nitrogens with zero attached hydrogens (tertiary/aromatic N) is 2. The Hall–Kier alpha value is -3.02. The van der Waals surface area contributed by atoms with Gasteiger partial charge in [0.1, 0.15) is 29.8 Å². The van der Waals surface area contributed by atoms with Gasteiger partial charge < -0.3 is 29.7 Å². The minimum atomic E-state index is -1.34. The third-order valence-corrected chi connectivity index (χ3v) is 9.80. The van der Waals surface area contributed by atoms with Gasteiger partial charge in [0, 0.05) is 36.6 Å². The van der Waals surface area contributed by atoms with Crippen molar-refractivity contribution in [3.8, 4) is 0 Å². The molecular formula is C33H42BrN3O7. The van der Waals surface area contributed by atoms with E-state index >= 15 is 0 Å². The van der Waals surface area contributed by atoms with E-state index in [0.29, 0.717) is 48.8 Å². The maximum Gasteiger partial charge on any atom is 0.313 e. The first kappa shape index (κ1) is 32.4. The molecule has 1 aromatic carbocycles. The molecule has 5 rings (SSSR count). The van der Waals surface area contributed by atoms with Crippen molar-refractivity contribution >= 4 is 39.6 Å². The van der Waals surface area contributed by atoms with Crippen molar-refractivity contribution < 1.29 is 33.8 Å². The van der Waals surface area contributed by atoms with E-state index < -0.39 is 47.7 Å². The summed E-state index contributed by atoms with van der Waals surface area (Å²) in [5.41, 5.74) is -0.630. The second-order valence-electron chi connectivity index (χ2n) is 12.4. The highest BCUT2D eigenvalue weighted by atomic mass is 79.9.